The number of H-pyrrole nitrogens is 2. The SMILES string of the molecule is Cc1nc(C(=O)NC(C)C)ccc1-c1ccc(C[C@@H](C(N)=O)N(c2ccc3c(=O)[nH][nH]c3c2)C(=O)[C@H]2CC[C@H](CNC(=O)OC(C)(C)C)CC2)cc1. The summed E-state index contributed by atoms with van der Waals surface area (Å²) in [6.07, 6.45) is 2.26. The van der Waals surface area contributed by atoms with E-state index in [9.17, 15) is 24.0 Å². The molecule has 2 aromatic heterocycles. The fourth-order valence-electron chi connectivity index (χ4n) is 6.68. The number of rotatable bonds is 11. The van der Waals surface area contributed by atoms with Crippen LogP contribution in [0.3, 0.4) is 0 Å². The van der Waals surface area contributed by atoms with Crippen molar-refractivity contribution in [3.8, 4) is 11.1 Å². The summed E-state index contributed by atoms with van der Waals surface area (Å²) in [5, 5.41) is 11.5. The number of nitrogens with zero attached hydrogens (tertiary/aromatic N) is 2. The molecule has 1 aliphatic carbocycles. The smallest absolute Gasteiger partial charge is 0.407 e. The summed E-state index contributed by atoms with van der Waals surface area (Å²) in [6, 6.07) is 15.1. The number of fused-ring (bicyclic) bond motifs is 1. The van der Waals surface area contributed by atoms with Crippen LogP contribution in [0, 0.1) is 18.8 Å². The number of hydrogen-bond acceptors (Lipinski definition) is 7. The standard InChI is InChI=1S/C39H49N7O6/c1-22(2)42-36(49)31-18-17-29(23(3)43-31)26-11-7-24(8-12-26)19-33(34(40)47)46(28-15-16-30-32(20-28)44-45-35(30)48)37(50)27-13-9-25(10-14-27)21-41-38(51)52-39(4,5)6/h7-8,11-12,15-18,20,22,25,27,33H,9-10,13-14,19,21H2,1-6H3,(H2,40,47)(H,41,51)(H,42,49)(H2,44,45,48)/t25-,27-,33-/m0/s1. The fraction of sp³-hybridized carbons (Fsp3) is 0.436. The molecule has 52 heavy (non-hydrogen) atoms. The minimum absolute atomic E-state index is 0.00679. The number of nitrogens with one attached hydrogen (secondary N) is 4. The number of amides is 4. The van der Waals surface area contributed by atoms with Crippen LogP contribution in [0.4, 0.5) is 10.5 Å². The van der Waals surface area contributed by atoms with Gasteiger partial charge in [-0.2, -0.15) is 0 Å². The molecule has 1 saturated carbocycles. The molecule has 5 rings (SSSR count). The first-order valence-electron chi connectivity index (χ1n) is 17.8. The van der Waals surface area contributed by atoms with Crippen molar-refractivity contribution in [2.75, 3.05) is 11.4 Å². The molecule has 4 amide bonds. The molecular formula is C39H49N7O6. The van der Waals surface area contributed by atoms with Gasteiger partial charge in [-0.05, 0) is 109 Å². The zero-order valence-electron chi connectivity index (χ0n) is 30.7. The predicted octanol–water partition coefficient (Wildman–Crippen LogP) is 5.13. The number of anilines is 1. The second-order valence-electron chi connectivity index (χ2n) is 14.9. The molecule has 13 nitrogen and oxygen atoms in total. The molecular weight excluding hydrogens is 662 g/mol. The maximum absolute atomic E-state index is 14.4. The lowest BCUT2D eigenvalue weighted by Crippen LogP contribution is -2.52. The predicted molar refractivity (Wildman–Crippen MR) is 200 cm³/mol. The fourth-order valence-corrected chi connectivity index (χ4v) is 6.68. The van der Waals surface area contributed by atoms with Gasteiger partial charge in [0.25, 0.3) is 11.5 Å². The third-order valence-corrected chi connectivity index (χ3v) is 9.28. The molecule has 0 saturated heterocycles. The average Bonchev–Trinajstić information content (AvgIpc) is 3.46. The zero-order chi connectivity index (χ0) is 37.7. The number of ether oxygens (including phenoxy) is 1. The Morgan fingerprint density at radius 3 is 2.29 bits per heavy atom. The molecule has 0 unspecified atom stereocenters. The molecule has 0 bridgehead atoms. The summed E-state index contributed by atoms with van der Waals surface area (Å²) >= 11 is 0. The molecule has 1 atom stereocenters. The largest absolute Gasteiger partial charge is 0.444 e. The van der Waals surface area contributed by atoms with E-state index in [4.69, 9.17) is 10.5 Å². The Labute approximate surface area is 303 Å². The lowest BCUT2D eigenvalue weighted by Gasteiger charge is -2.36. The highest BCUT2D eigenvalue weighted by molar-refractivity contribution is 6.03. The van der Waals surface area contributed by atoms with Gasteiger partial charge in [0.15, 0.2) is 0 Å². The Morgan fingerprint density at radius 1 is 0.981 bits per heavy atom. The number of primary amides is 1. The number of hydrogen-bond donors (Lipinski definition) is 5. The van der Waals surface area contributed by atoms with Crippen molar-refractivity contribution < 1.29 is 23.9 Å². The van der Waals surface area contributed by atoms with Crippen LogP contribution in [0.2, 0.25) is 0 Å². The molecule has 1 fully saturated rings. The number of carbonyl (C=O) groups is 4. The van der Waals surface area contributed by atoms with E-state index < -0.39 is 23.6 Å². The number of nitrogens with two attached hydrogens (primary N) is 1. The molecule has 0 aliphatic heterocycles. The third kappa shape index (κ3) is 9.25. The van der Waals surface area contributed by atoms with Crippen LogP contribution in [0.15, 0.2) is 59.4 Å². The summed E-state index contributed by atoms with van der Waals surface area (Å²) in [5.41, 5.74) is 9.70. The van der Waals surface area contributed by atoms with Gasteiger partial charge in [0.1, 0.15) is 17.3 Å². The number of aryl methyl sites for hydroxylation is 1. The van der Waals surface area contributed by atoms with Crippen LogP contribution >= 0.6 is 0 Å². The first-order chi connectivity index (χ1) is 24.6. The van der Waals surface area contributed by atoms with Gasteiger partial charge in [0.2, 0.25) is 11.8 Å². The van der Waals surface area contributed by atoms with Gasteiger partial charge < -0.3 is 21.1 Å². The summed E-state index contributed by atoms with van der Waals surface area (Å²) in [4.78, 5) is 70.6. The van der Waals surface area contributed by atoms with Crippen molar-refractivity contribution in [1.29, 1.82) is 0 Å². The maximum Gasteiger partial charge on any atom is 0.407 e. The number of benzene rings is 2. The number of alkyl carbamates (subject to hydrolysis) is 1. The first kappa shape index (κ1) is 37.8. The van der Waals surface area contributed by atoms with E-state index in [1.165, 1.54) is 4.90 Å². The van der Waals surface area contributed by atoms with Crippen molar-refractivity contribution >= 4 is 40.4 Å². The highest BCUT2D eigenvalue weighted by Crippen LogP contribution is 2.33. The van der Waals surface area contributed by atoms with E-state index in [1.807, 2.05) is 71.9 Å². The van der Waals surface area contributed by atoms with E-state index in [2.05, 4.69) is 25.8 Å². The molecule has 276 valence electrons. The van der Waals surface area contributed by atoms with Crippen molar-refractivity contribution in [2.24, 2.45) is 17.6 Å². The number of pyridine rings is 1. The quantitative estimate of drug-likeness (QED) is 0.142. The van der Waals surface area contributed by atoms with Gasteiger partial charge in [-0.1, -0.05) is 30.3 Å². The van der Waals surface area contributed by atoms with Gasteiger partial charge >= 0.3 is 6.09 Å². The molecule has 6 N–H and O–H groups in total. The van der Waals surface area contributed by atoms with Gasteiger partial charge in [0.05, 0.1) is 10.9 Å². The monoisotopic (exact) mass is 711 g/mol. The van der Waals surface area contributed by atoms with E-state index in [0.717, 1.165) is 16.7 Å². The Kier molecular flexibility index (Phi) is 11.5. The third-order valence-electron chi connectivity index (χ3n) is 9.28. The van der Waals surface area contributed by atoms with Crippen LogP contribution in [-0.2, 0) is 20.7 Å². The highest BCUT2D eigenvalue weighted by atomic mass is 16.6. The van der Waals surface area contributed by atoms with Crippen LogP contribution in [0.25, 0.3) is 22.0 Å². The molecule has 2 heterocycles. The first-order valence-corrected chi connectivity index (χ1v) is 17.8. The Morgan fingerprint density at radius 2 is 1.67 bits per heavy atom. The Hall–Kier alpha value is -5.46. The second kappa shape index (κ2) is 15.8. The number of aromatic nitrogens is 3. The molecule has 2 aromatic carbocycles. The summed E-state index contributed by atoms with van der Waals surface area (Å²) < 4.78 is 5.36. The van der Waals surface area contributed by atoms with Crippen molar-refractivity contribution in [3.05, 3.63) is 81.9 Å². The maximum atomic E-state index is 14.4. The highest BCUT2D eigenvalue weighted by Gasteiger charge is 2.36. The van der Waals surface area contributed by atoms with Gasteiger partial charge in [0, 0.05) is 41.9 Å². The minimum atomic E-state index is -1.02. The van der Waals surface area contributed by atoms with Crippen molar-refractivity contribution in [3.63, 3.8) is 0 Å². The van der Waals surface area contributed by atoms with Crippen molar-refractivity contribution in [1.82, 2.24) is 25.8 Å². The van der Waals surface area contributed by atoms with Gasteiger partial charge in [-0.3, -0.25) is 34.3 Å². The lowest BCUT2D eigenvalue weighted by atomic mass is 9.81. The summed E-state index contributed by atoms with van der Waals surface area (Å²) in [5.74, 6) is -1.31. The summed E-state index contributed by atoms with van der Waals surface area (Å²) in [6.45, 7) is 11.5. The van der Waals surface area contributed by atoms with Gasteiger partial charge in [-0.15, -0.1) is 0 Å². The van der Waals surface area contributed by atoms with Crippen LogP contribution in [0.1, 0.15) is 82.0 Å². The average molecular weight is 712 g/mol. The molecule has 0 radical (unpaired) electrons. The second-order valence-corrected chi connectivity index (χ2v) is 14.9. The normalized spacial score (nSPS) is 16.7. The van der Waals surface area contributed by atoms with Crippen LogP contribution < -0.4 is 26.8 Å². The van der Waals surface area contributed by atoms with E-state index in [-0.39, 0.29) is 41.7 Å². The number of carbonyl (C=O) groups excluding carboxylic acids is 4. The topological polar surface area (TPSA) is 192 Å². The molecule has 13 heteroatoms. The minimum Gasteiger partial charge on any atom is -0.444 e. The molecule has 1 aliphatic rings. The Balaban J connectivity index is 1.36. The number of aromatic amines is 2. The van der Waals surface area contributed by atoms with E-state index in [1.54, 1.807) is 24.3 Å². The lowest BCUT2D eigenvalue weighted by molar-refractivity contribution is -0.127. The van der Waals surface area contributed by atoms with Gasteiger partial charge in [-0.25, -0.2) is 9.78 Å². The summed E-state index contributed by atoms with van der Waals surface area (Å²) in [7, 11) is 0. The van der Waals surface area contributed by atoms with Crippen LogP contribution in [-0.4, -0.2) is 63.2 Å². The van der Waals surface area contributed by atoms with E-state index in [0.29, 0.717) is 60.2 Å². The zero-order valence-corrected chi connectivity index (χ0v) is 30.7. The molecule has 0 spiro atoms. The molecule has 4 aromatic rings. The Bertz CT molecular complexity index is 1980. The van der Waals surface area contributed by atoms with Crippen molar-refractivity contribution in [2.45, 2.75) is 91.3 Å². The van der Waals surface area contributed by atoms with Crippen LogP contribution in [0.5, 0.6) is 0 Å². The van der Waals surface area contributed by atoms with E-state index >= 15 is 0 Å².